The van der Waals surface area contributed by atoms with Crippen molar-refractivity contribution in [2.75, 3.05) is 0 Å². The van der Waals surface area contributed by atoms with Gasteiger partial charge in [-0.2, -0.15) is 0 Å². The Morgan fingerprint density at radius 3 is 2.11 bits per heavy atom. The first-order chi connectivity index (χ1) is 9.33. The van der Waals surface area contributed by atoms with Crippen molar-refractivity contribution in [2.24, 2.45) is 0 Å². The van der Waals surface area contributed by atoms with Gasteiger partial charge in [0.1, 0.15) is 0 Å². The normalized spacial score (nSPS) is 10.4. The molecule has 92 valence electrons. The first-order valence-corrected chi connectivity index (χ1v) is 6.19. The molecule has 0 saturated carbocycles. The fourth-order valence-electron chi connectivity index (χ4n) is 1.78. The van der Waals surface area contributed by atoms with E-state index >= 15 is 0 Å². The molecule has 2 aromatic heterocycles. The molecular weight excluding hydrogens is 258 g/mol. The minimum atomic E-state index is 0.722. The summed E-state index contributed by atoms with van der Waals surface area (Å²) in [4.78, 5) is 12.7. The lowest BCUT2D eigenvalue weighted by atomic mass is 10.1. The van der Waals surface area contributed by atoms with Crippen LogP contribution in [0, 0.1) is 0 Å². The van der Waals surface area contributed by atoms with E-state index in [1.165, 1.54) is 0 Å². The zero-order valence-electron chi connectivity index (χ0n) is 9.99. The van der Waals surface area contributed by atoms with Gasteiger partial charge >= 0.3 is 0 Å². The number of benzene rings is 1. The van der Waals surface area contributed by atoms with Gasteiger partial charge in [-0.25, -0.2) is 0 Å². The lowest BCUT2D eigenvalue weighted by Crippen LogP contribution is -1.87. The molecule has 0 N–H and O–H groups in total. The average molecular weight is 268 g/mol. The second kappa shape index (κ2) is 5.16. The number of hydrogen-bond acceptors (Lipinski definition) is 3. The summed E-state index contributed by atoms with van der Waals surface area (Å²) in [6.07, 6.45) is 6.84. The van der Waals surface area contributed by atoms with E-state index < -0.39 is 0 Å². The molecule has 0 aliphatic carbocycles. The van der Waals surface area contributed by atoms with E-state index in [0.29, 0.717) is 0 Å². The highest BCUT2D eigenvalue weighted by Gasteiger charge is 2.02. The Morgan fingerprint density at radius 2 is 1.47 bits per heavy atom. The van der Waals surface area contributed by atoms with Crippen LogP contribution in [0.4, 0.5) is 0 Å². The smallest absolute Gasteiger partial charge is 0.0900 e. The molecule has 0 fully saturated rings. The Bertz CT molecular complexity index is 664. The highest BCUT2D eigenvalue weighted by atomic mass is 35.5. The van der Waals surface area contributed by atoms with Gasteiger partial charge < -0.3 is 0 Å². The van der Waals surface area contributed by atoms with Crippen molar-refractivity contribution in [3.63, 3.8) is 0 Å². The maximum absolute atomic E-state index is 5.87. The van der Waals surface area contributed by atoms with Gasteiger partial charge in [-0.15, -0.1) is 0 Å². The van der Waals surface area contributed by atoms with Crippen LogP contribution in [0.15, 0.2) is 61.2 Å². The minimum absolute atomic E-state index is 0.722. The number of rotatable bonds is 2. The van der Waals surface area contributed by atoms with E-state index in [4.69, 9.17) is 11.6 Å². The van der Waals surface area contributed by atoms with Gasteiger partial charge in [0.05, 0.1) is 17.6 Å². The summed E-state index contributed by atoms with van der Waals surface area (Å²) in [5.41, 5.74) is 3.71. The molecule has 4 heteroatoms. The molecule has 0 aliphatic rings. The van der Waals surface area contributed by atoms with Gasteiger partial charge in [-0.3, -0.25) is 15.0 Å². The largest absolute Gasteiger partial charge is 0.261 e. The van der Waals surface area contributed by atoms with Crippen LogP contribution >= 0.6 is 11.6 Å². The summed E-state index contributed by atoms with van der Waals surface area (Å²) in [7, 11) is 0. The molecule has 1 aromatic carbocycles. The van der Waals surface area contributed by atoms with Crippen LogP contribution in [0.1, 0.15) is 0 Å². The van der Waals surface area contributed by atoms with Gasteiger partial charge in [-0.05, 0) is 24.3 Å². The van der Waals surface area contributed by atoms with Gasteiger partial charge in [-0.1, -0.05) is 23.7 Å². The second-order valence-corrected chi connectivity index (χ2v) is 4.47. The third-order valence-electron chi connectivity index (χ3n) is 2.76. The Labute approximate surface area is 116 Å². The summed E-state index contributed by atoms with van der Waals surface area (Å²) < 4.78 is 0. The molecule has 0 spiro atoms. The summed E-state index contributed by atoms with van der Waals surface area (Å²) in [5.74, 6) is 0. The molecule has 0 amide bonds. The molecule has 3 nitrogen and oxygen atoms in total. The average Bonchev–Trinajstić information content (AvgIpc) is 2.49. The number of hydrogen-bond donors (Lipinski definition) is 0. The topological polar surface area (TPSA) is 38.7 Å². The van der Waals surface area contributed by atoms with Crippen molar-refractivity contribution in [1.82, 2.24) is 15.0 Å². The molecule has 0 bridgehead atoms. The fraction of sp³-hybridized carbons (Fsp3) is 0. The molecule has 3 rings (SSSR count). The summed E-state index contributed by atoms with van der Waals surface area (Å²) in [6.45, 7) is 0. The predicted molar refractivity (Wildman–Crippen MR) is 75.7 cm³/mol. The van der Waals surface area contributed by atoms with Crippen LogP contribution in [-0.2, 0) is 0 Å². The van der Waals surface area contributed by atoms with E-state index in [0.717, 1.165) is 27.5 Å². The minimum Gasteiger partial charge on any atom is -0.261 e. The highest BCUT2D eigenvalue weighted by Crippen LogP contribution is 2.22. The lowest BCUT2D eigenvalue weighted by molar-refractivity contribution is 1.20. The van der Waals surface area contributed by atoms with E-state index in [-0.39, 0.29) is 0 Å². The molecule has 19 heavy (non-hydrogen) atoms. The lowest BCUT2D eigenvalue weighted by Gasteiger charge is -2.03. The Hall–Kier alpha value is -2.26. The Balaban J connectivity index is 1.93. The summed E-state index contributed by atoms with van der Waals surface area (Å²) >= 11 is 5.87. The van der Waals surface area contributed by atoms with Gasteiger partial charge in [0, 0.05) is 34.7 Å². The van der Waals surface area contributed by atoms with Crippen molar-refractivity contribution in [2.45, 2.75) is 0 Å². The van der Waals surface area contributed by atoms with Crippen LogP contribution in [0.2, 0.25) is 5.02 Å². The SMILES string of the molecule is Clc1ccc(-c2ccc(-c3cnccn3)cn2)cc1. The molecule has 0 unspecified atom stereocenters. The van der Waals surface area contributed by atoms with Crippen LogP contribution in [0.25, 0.3) is 22.5 Å². The number of halogens is 1. The zero-order valence-corrected chi connectivity index (χ0v) is 10.7. The van der Waals surface area contributed by atoms with E-state index in [1.807, 2.05) is 36.4 Å². The second-order valence-electron chi connectivity index (χ2n) is 4.03. The monoisotopic (exact) mass is 267 g/mol. The quantitative estimate of drug-likeness (QED) is 0.708. The first kappa shape index (κ1) is 11.8. The number of nitrogens with zero attached hydrogens (tertiary/aromatic N) is 3. The van der Waals surface area contributed by atoms with Crippen LogP contribution in [0.5, 0.6) is 0 Å². The Kier molecular flexibility index (Phi) is 3.21. The predicted octanol–water partition coefficient (Wildman–Crippen LogP) is 3.86. The van der Waals surface area contributed by atoms with Crippen LogP contribution in [-0.4, -0.2) is 15.0 Å². The van der Waals surface area contributed by atoms with Crippen molar-refractivity contribution < 1.29 is 0 Å². The number of aromatic nitrogens is 3. The maximum Gasteiger partial charge on any atom is 0.0900 e. The molecule has 0 atom stereocenters. The van der Waals surface area contributed by atoms with Crippen LogP contribution < -0.4 is 0 Å². The van der Waals surface area contributed by atoms with Crippen LogP contribution in [0.3, 0.4) is 0 Å². The fourth-order valence-corrected chi connectivity index (χ4v) is 1.91. The molecule has 3 aromatic rings. The van der Waals surface area contributed by atoms with Crippen molar-refractivity contribution in [3.8, 4) is 22.5 Å². The van der Waals surface area contributed by atoms with Gasteiger partial charge in [0.2, 0.25) is 0 Å². The maximum atomic E-state index is 5.87. The zero-order chi connectivity index (χ0) is 13.1. The molecule has 0 aliphatic heterocycles. The van der Waals surface area contributed by atoms with E-state index in [9.17, 15) is 0 Å². The third kappa shape index (κ3) is 2.61. The van der Waals surface area contributed by atoms with Gasteiger partial charge in [0.25, 0.3) is 0 Å². The highest BCUT2D eigenvalue weighted by molar-refractivity contribution is 6.30. The van der Waals surface area contributed by atoms with Crippen molar-refractivity contribution in [1.29, 1.82) is 0 Å². The molecule has 2 heterocycles. The molecule has 0 saturated heterocycles. The van der Waals surface area contributed by atoms with Crippen molar-refractivity contribution >= 4 is 11.6 Å². The number of pyridine rings is 1. The standard InChI is InChI=1S/C15H10ClN3/c16-13-4-1-11(2-5-13)14-6-3-12(9-19-14)15-10-17-7-8-18-15/h1-10H. The summed E-state index contributed by atoms with van der Waals surface area (Å²) in [6, 6.07) is 11.6. The molecular formula is C15H10ClN3. The Morgan fingerprint density at radius 1 is 0.684 bits per heavy atom. The molecule has 0 radical (unpaired) electrons. The van der Waals surface area contributed by atoms with Gasteiger partial charge in [0.15, 0.2) is 0 Å². The first-order valence-electron chi connectivity index (χ1n) is 5.81. The summed E-state index contributed by atoms with van der Waals surface area (Å²) in [5, 5.41) is 0.722. The van der Waals surface area contributed by atoms with E-state index in [1.54, 1.807) is 24.8 Å². The van der Waals surface area contributed by atoms with Crippen molar-refractivity contribution in [3.05, 3.63) is 66.2 Å². The third-order valence-corrected chi connectivity index (χ3v) is 3.01. The van der Waals surface area contributed by atoms with E-state index in [2.05, 4.69) is 15.0 Å².